The van der Waals surface area contributed by atoms with E-state index in [0.29, 0.717) is 30.0 Å². The molecule has 166 valence electrons. The van der Waals surface area contributed by atoms with Gasteiger partial charge in [-0.1, -0.05) is 12.8 Å². The summed E-state index contributed by atoms with van der Waals surface area (Å²) in [6.45, 7) is 1.74. The van der Waals surface area contributed by atoms with Crippen LogP contribution in [0.5, 0.6) is 11.5 Å². The predicted octanol–water partition coefficient (Wildman–Crippen LogP) is 1.93. The molecule has 31 heavy (non-hydrogen) atoms. The molecule has 1 aromatic rings. The SMILES string of the molecule is CC(OC(=O)CCCN1C(=O)NC2(CCCC2)C1=O)C(=O)Nc1ccc2c(c1)OCO2. The summed E-state index contributed by atoms with van der Waals surface area (Å²) in [7, 11) is 0. The molecule has 2 fully saturated rings. The highest BCUT2D eigenvalue weighted by Gasteiger charge is 2.52. The number of nitrogens with one attached hydrogen (secondary N) is 2. The molecule has 1 saturated heterocycles. The van der Waals surface area contributed by atoms with Crippen LogP contribution in [0.15, 0.2) is 18.2 Å². The highest BCUT2D eigenvalue weighted by molar-refractivity contribution is 6.07. The van der Waals surface area contributed by atoms with Gasteiger partial charge in [0.05, 0.1) is 0 Å². The topological polar surface area (TPSA) is 123 Å². The fraction of sp³-hybridized carbons (Fsp3) is 0.524. The van der Waals surface area contributed by atoms with E-state index in [1.165, 1.54) is 11.8 Å². The monoisotopic (exact) mass is 431 g/mol. The minimum atomic E-state index is -1.00. The highest BCUT2D eigenvalue weighted by Crippen LogP contribution is 2.35. The average molecular weight is 431 g/mol. The Morgan fingerprint density at radius 1 is 1.23 bits per heavy atom. The smallest absolute Gasteiger partial charge is 0.325 e. The molecule has 0 radical (unpaired) electrons. The number of rotatable bonds is 7. The number of carbonyl (C=O) groups excluding carboxylic acids is 4. The van der Waals surface area contributed by atoms with Gasteiger partial charge in [0.1, 0.15) is 5.54 Å². The largest absolute Gasteiger partial charge is 0.454 e. The summed E-state index contributed by atoms with van der Waals surface area (Å²) in [5.74, 6) is -0.135. The predicted molar refractivity (Wildman–Crippen MR) is 107 cm³/mol. The van der Waals surface area contributed by atoms with E-state index in [2.05, 4.69) is 10.6 Å². The summed E-state index contributed by atoms with van der Waals surface area (Å²) in [6, 6.07) is 4.57. The number of nitrogens with zero attached hydrogens (tertiary/aromatic N) is 1. The molecular weight excluding hydrogens is 406 g/mol. The number of carbonyl (C=O) groups is 4. The Morgan fingerprint density at radius 3 is 2.74 bits per heavy atom. The molecule has 1 spiro atoms. The Labute approximate surface area is 179 Å². The summed E-state index contributed by atoms with van der Waals surface area (Å²) in [4.78, 5) is 50.3. The zero-order valence-electron chi connectivity index (χ0n) is 17.3. The molecule has 10 heteroatoms. The fourth-order valence-electron chi connectivity index (χ4n) is 4.11. The number of benzene rings is 1. The first kappa shape index (κ1) is 21.0. The van der Waals surface area contributed by atoms with Gasteiger partial charge >= 0.3 is 12.0 Å². The summed E-state index contributed by atoms with van der Waals surface area (Å²) >= 11 is 0. The maximum atomic E-state index is 12.6. The van der Waals surface area contributed by atoms with E-state index < -0.39 is 29.6 Å². The molecule has 4 amide bonds. The van der Waals surface area contributed by atoms with Gasteiger partial charge in [-0.3, -0.25) is 19.3 Å². The van der Waals surface area contributed by atoms with Gasteiger partial charge < -0.3 is 24.8 Å². The van der Waals surface area contributed by atoms with Gasteiger partial charge in [0.2, 0.25) is 6.79 Å². The van der Waals surface area contributed by atoms with Crippen molar-refractivity contribution in [2.75, 3.05) is 18.7 Å². The van der Waals surface area contributed by atoms with Crippen molar-refractivity contribution in [2.24, 2.45) is 0 Å². The molecule has 1 saturated carbocycles. The lowest BCUT2D eigenvalue weighted by molar-refractivity contribution is -0.153. The second kappa shape index (κ2) is 8.44. The van der Waals surface area contributed by atoms with Crippen molar-refractivity contribution in [3.63, 3.8) is 0 Å². The first-order valence-electron chi connectivity index (χ1n) is 10.4. The molecule has 10 nitrogen and oxygen atoms in total. The van der Waals surface area contributed by atoms with Gasteiger partial charge in [-0.05, 0) is 38.3 Å². The zero-order chi connectivity index (χ0) is 22.0. The number of imide groups is 1. The van der Waals surface area contributed by atoms with E-state index in [1.807, 2.05) is 0 Å². The van der Waals surface area contributed by atoms with Crippen molar-refractivity contribution in [1.29, 1.82) is 0 Å². The minimum absolute atomic E-state index is 0.00823. The maximum Gasteiger partial charge on any atom is 0.325 e. The number of amides is 4. The van der Waals surface area contributed by atoms with Gasteiger partial charge in [-0.25, -0.2) is 4.79 Å². The first-order valence-corrected chi connectivity index (χ1v) is 10.4. The molecule has 1 unspecified atom stereocenters. The van der Waals surface area contributed by atoms with Gasteiger partial charge in [-0.2, -0.15) is 0 Å². The first-order chi connectivity index (χ1) is 14.9. The minimum Gasteiger partial charge on any atom is -0.454 e. The lowest BCUT2D eigenvalue weighted by atomic mass is 9.98. The Morgan fingerprint density at radius 2 is 1.97 bits per heavy atom. The Kier molecular flexibility index (Phi) is 5.71. The van der Waals surface area contributed by atoms with Gasteiger partial charge in [0, 0.05) is 24.7 Å². The molecule has 0 bridgehead atoms. The van der Waals surface area contributed by atoms with Crippen LogP contribution in [0.4, 0.5) is 10.5 Å². The number of ether oxygens (including phenoxy) is 3. The van der Waals surface area contributed by atoms with E-state index >= 15 is 0 Å². The molecule has 3 aliphatic rings. The molecule has 0 aromatic heterocycles. The molecule has 4 rings (SSSR count). The fourth-order valence-corrected chi connectivity index (χ4v) is 4.11. The van der Waals surface area contributed by atoms with Crippen molar-refractivity contribution < 1.29 is 33.4 Å². The average Bonchev–Trinajstić information content (AvgIpc) is 3.44. The molecule has 2 heterocycles. The maximum absolute atomic E-state index is 12.6. The second-order valence-electron chi connectivity index (χ2n) is 7.97. The normalized spacial score (nSPS) is 19.5. The number of hydrogen-bond acceptors (Lipinski definition) is 7. The molecule has 2 aliphatic heterocycles. The molecule has 1 atom stereocenters. The molecule has 1 aliphatic carbocycles. The third kappa shape index (κ3) is 4.28. The number of anilines is 1. The van der Waals surface area contributed by atoms with Crippen LogP contribution >= 0.6 is 0 Å². The lowest BCUT2D eigenvalue weighted by Gasteiger charge is -2.20. The van der Waals surface area contributed by atoms with Crippen molar-refractivity contribution in [1.82, 2.24) is 10.2 Å². The van der Waals surface area contributed by atoms with E-state index in [4.69, 9.17) is 14.2 Å². The third-order valence-electron chi connectivity index (χ3n) is 5.78. The number of fused-ring (bicyclic) bond motifs is 1. The van der Waals surface area contributed by atoms with Crippen molar-refractivity contribution >= 4 is 29.5 Å². The quantitative estimate of drug-likeness (QED) is 0.499. The molecule has 1 aromatic carbocycles. The van der Waals surface area contributed by atoms with Crippen LogP contribution in [0.2, 0.25) is 0 Å². The number of hydrogen-bond donors (Lipinski definition) is 2. The Bertz CT molecular complexity index is 910. The summed E-state index contributed by atoms with van der Waals surface area (Å²) in [6.07, 6.45) is 2.40. The summed E-state index contributed by atoms with van der Waals surface area (Å²) < 4.78 is 15.7. The number of urea groups is 1. The van der Waals surface area contributed by atoms with E-state index in [1.54, 1.807) is 18.2 Å². The van der Waals surface area contributed by atoms with Gasteiger partial charge in [0.25, 0.3) is 11.8 Å². The second-order valence-corrected chi connectivity index (χ2v) is 7.97. The van der Waals surface area contributed by atoms with Crippen molar-refractivity contribution in [3.8, 4) is 11.5 Å². The Balaban J connectivity index is 1.21. The van der Waals surface area contributed by atoms with Crippen LogP contribution in [0.25, 0.3) is 0 Å². The highest BCUT2D eigenvalue weighted by atomic mass is 16.7. The summed E-state index contributed by atoms with van der Waals surface area (Å²) in [5, 5.41) is 5.46. The van der Waals surface area contributed by atoms with Crippen LogP contribution in [0.3, 0.4) is 0 Å². The van der Waals surface area contributed by atoms with Crippen LogP contribution in [0, 0.1) is 0 Å². The third-order valence-corrected chi connectivity index (χ3v) is 5.78. The zero-order valence-corrected chi connectivity index (χ0v) is 17.3. The van der Waals surface area contributed by atoms with Crippen molar-refractivity contribution in [2.45, 2.75) is 57.1 Å². The standard InChI is InChI=1S/C21H25N3O7/c1-13(18(26)22-14-6-7-15-16(11-14)30-12-29-15)31-17(25)5-4-10-24-19(27)21(23-20(24)28)8-2-3-9-21/h6-7,11,13H,2-5,8-10,12H2,1H3,(H,22,26)(H,23,28). The van der Waals surface area contributed by atoms with Crippen LogP contribution in [-0.4, -0.2) is 53.7 Å². The van der Waals surface area contributed by atoms with E-state index in [9.17, 15) is 19.2 Å². The molecule has 2 N–H and O–H groups in total. The lowest BCUT2D eigenvalue weighted by Crippen LogP contribution is -2.44. The van der Waals surface area contributed by atoms with Gasteiger partial charge in [0.15, 0.2) is 17.6 Å². The van der Waals surface area contributed by atoms with Gasteiger partial charge in [-0.15, -0.1) is 0 Å². The van der Waals surface area contributed by atoms with Crippen LogP contribution < -0.4 is 20.1 Å². The van der Waals surface area contributed by atoms with Crippen LogP contribution in [0.1, 0.15) is 45.4 Å². The van der Waals surface area contributed by atoms with E-state index in [-0.39, 0.29) is 32.1 Å². The number of esters is 1. The Hall–Kier alpha value is -3.30. The summed E-state index contributed by atoms with van der Waals surface area (Å²) in [5.41, 5.74) is -0.254. The van der Waals surface area contributed by atoms with Crippen LogP contribution in [-0.2, 0) is 19.1 Å². The van der Waals surface area contributed by atoms with E-state index in [0.717, 1.165) is 12.8 Å². The molecular formula is C21H25N3O7. The van der Waals surface area contributed by atoms with Crippen molar-refractivity contribution in [3.05, 3.63) is 18.2 Å².